The third-order valence-corrected chi connectivity index (χ3v) is 4.64. The van der Waals surface area contributed by atoms with E-state index in [-0.39, 0.29) is 6.04 Å². The van der Waals surface area contributed by atoms with Gasteiger partial charge in [0.05, 0.1) is 0 Å². The maximum atomic E-state index is 13.5. The molecule has 2 aliphatic rings. The maximum Gasteiger partial charge on any atom is 0.194 e. The zero-order valence-electron chi connectivity index (χ0n) is 12.4. The summed E-state index contributed by atoms with van der Waals surface area (Å²) in [5.41, 5.74) is 0.442. The van der Waals surface area contributed by atoms with Crippen LogP contribution in [-0.2, 0) is 0 Å². The highest BCUT2D eigenvalue weighted by Crippen LogP contribution is 2.36. The monoisotopic (exact) mass is 298 g/mol. The summed E-state index contributed by atoms with van der Waals surface area (Å²) in [5, 5.41) is 3.55. The highest BCUT2D eigenvalue weighted by molar-refractivity contribution is 5.49. The van der Waals surface area contributed by atoms with E-state index in [4.69, 9.17) is 0 Å². The Morgan fingerprint density at radius 2 is 1.76 bits per heavy atom. The lowest BCUT2D eigenvalue weighted by Gasteiger charge is -2.44. The Labute approximate surface area is 123 Å². The number of hydrogen-bond acceptors (Lipinski definition) is 2. The van der Waals surface area contributed by atoms with Crippen LogP contribution in [0.4, 0.5) is 18.9 Å². The molecule has 1 aliphatic carbocycles. The van der Waals surface area contributed by atoms with E-state index in [9.17, 15) is 13.2 Å². The second-order valence-corrected chi connectivity index (χ2v) is 6.54. The van der Waals surface area contributed by atoms with Crippen LogP contribution in [0.15, 0.2) is 12.1 Å². The molecule has 1 aliphatic heterocycles. The molecule has 5 heteroatoms. The fraction of sp³-hybridized carbons (Fsp3) is 0.625. The minimum Gasteiger partial charge on any atom is -0.365 e. The van der Waals surface area contributed by atoms with Gasteiger partial charge in [0.15, 0.2) is 17.5 Å². The Kier molecular flexibility index (Phi) is 3.86. The molecular weight excluding hydrogens is 277 g/mol. The quantitative estimate of drug-likeness (QED) is 0.861. The van der Waals surface area contributed by atoms with Crippen LogP contribution in [-0.4, -0.2) is 25.2 Å². The molecule has 0 bridgehead atoms. The molecule has 2 unspecified atom stereocenters. The van der Waals surface area contributed by atoms with Crippen molar-refractivity contribution in [2.45, 2.75) is 38.8 Å². The predicted octanol–water partition coefficient (Wildman–Crippen LogP) is 3.32. The molecule has 3 rings (SSSR count). The molecule has 2 atom stereocenters. The lowest BCUT2D eigenvalue weighted by Crippen LogP contribution is -2.59. The minimum atomic E-state index is -1.39. The highest BCUT2D eigenvalue weighted by Gasteiger charge is 2.38. The lowest BCUT2D eigenvalue weighted by molar-refractivity contribution is 0.319. The van der Waals surface area contributed by atoms with Gasteiger partial charge in [0.1, 0.15) is 0 Å². The van der Waals surface area contributed by atoms with Crippen LogP contribution in [0.25, 0.3) is 0 Å². The molecule has 1 heterocycles. The van der Waals surface area contributed by atoms with Crippen molar-refractivity contribution in [3.8, 4) is 0 Å². The van der Waals surface area contributed by atoms with Crippen molar-refractivity contribution in [2.24, 2.45) is 11.8 Å². The van der Waals surface area contributed by atoms with Gasteiger partial charge >= 0.3 is 0 Å². The first-order chi connectivity index (χ1) is 9.97. The molecule has 1 aromatic rings. The van der Waals surface area contributed by atoms with Crippen LogP contribution in [0.2, 0.25) is 0 Å². The average molecular weight is 298 g/mol. The predicted molar refractivity (Wildman–Crippen MR) is 76.8 cm³/mol. The summed E-state index contributed by atoms with van der Waals surface area (Å²) in [7, 11) is 0. The zero-order valence-corrected chi connectivity index (χ0v) is 12.4. The van der Waals surface area contributed by atoms with E-state index in [0.717, 1.165) is 25.2 Å². The number of rotatable bonds is 3. The summed E-state index contributed by atoms with van der Waals surface area (Å²) in [4.78, 5) is 2.04. The Morgan fingerprint density at radius 1 is 1.14 bits per heavy atom. The standard InChI is InChI=1S/C16H21F3N2/c1-9(2)15-7-20-14(10-3-4-10)8-21(15)11-5-12(17)16(19)13(18)6-11/h5-6,9-10,14-15,20H,3-4,7-8H2,1-2H3. The van der Waals surface area contributed by atoms with Gasteiger partial charge in [-0.3, -0.25) is 0 Å². The van der Waals surface area contributed by atoms with Gasteiger partial charge in [-0.15, -0.1) is 0 Å². The van der Waals surface area contributed by atoms with E-state index in [1.165, 1.54) is 12.8 Å². The number of anilines is 1. The summed E-state index contributed by atoms with van der Waals surface area (Å²) < 4.78 is 40.2. The SMILES string of the molecule is CC(C)C1CNC(C2CC2)CN1c1cc(F)c(F)c(F)c1. The molecule has 2 fully saturated rings. The molecule has 0 spiro atoms. The van der Waals surface area contributed by atoms with E-state index in [0.29, 0.717) is 23.6 Å². The smallest absolute Gasteiger partial charge is 0.194 e. The number of halogens is 3. The Morgan fingerprint density at radius 3 is 2.29 bits per heavy atom. The van der Waals surface area contributed by atoms with Gasteiger partial charge in [0.2, 0.25) is 0 Å². The Balaban J connectivity index is 1.90. The molecule has 0 aromatic heterocycles. The van der Waals surface area contributed by atoms with Crippen molar-refractivity contribution >= 4 is 5.69 Å². The van der Waals surface area contributed by atoms with Crippen LogP contribution < -0.4 is 10.2 Å². The second kappa shape index (κ2) is 5.52. The third-order valence-electron chi connectivity index (χ3n) is 4.64. The van der Waals surface area contributed by atoms with Gasteiger partial charge in [-0.05, 0) is 24.7 Å². The highest BCUT2D eigenvalue weighted by atomic mass is 19.2. The molecule has 116 valence electrons. The molecule has 0 radical (unpaired) electrons. The first kappa shape index (κ1) is 14.7. The fourth-order valence-corrected chi connectivity index (χ4v) is 3.21. The first-order valence-electron chi connectivity index (χ1n) is 7.62. The fourth-order valence-electron chi connectivity index (χ4n) is 3.21. The largest absolute Gasteiger partial charge is 0.365 e. The topological polar surface area (TPSA) is 15.3 Å². The van der Waals surface area contributed by atoms with E-state index >= 15 is 0 Å². The number of benzene rings is 1. The minimum absolute atomic E-state index is 0.157. The lowest BCUT2D eigenvalue weighted by atomic mass is 9.96. The van der Waals surface area contributed by atoms with Gasteiger partial charge < -0.3 is 10.2 Å². The average Bonchev–Trinajstić information content (AvgIpc) is 3.28. The van der Waals surface area contributed by atoms with Crippen molar-refractivity contribution in [3.05, 3.63) is 29.6 Å². The number of piperazine rings is 1. The van der Waals surface area contributed by atoms with Crippen LogP contribution in [0.5, 0.6) is 0 Å². The van der Waals surface area contributed by atoms with Gasteiger partial charge in [0.25, 0.3) is 0 Å². The third kappa shape index (κ3) is 2.89. The van der Waals surface area contributed by atoms with E-state index in [1.807, 2.05) is 4.90 Å². The summed E-state index contributed by atoms with van der Waals surface area (Å²) in [6.45, 7) is 5.69. The Hall–Kier alpha value is -1.23. The number of nitrogens with zero attached hydrogens (tertiary/aromatic N) is 1. The van der Waals surface area contributed by atoms with Crippen LogP contribution in [0.3, 0.4) is 0 Å². The van der Waals surface area contributed by atoms with E-state index in [1.54, 1.807) is 0 Å². The molecular formula is C16H21F3N2. The Bertz CT molecular complexity index is 505. The van der Waals surface area contributed by atoms with Crippen LogP contribution in [0.1, 0.15) is 26.7 Å². The summed E-state index contributed by atoms with van der Waals surface area (Å²) in [5.74, 6) is -2.62. The van der Waals surface area contributed by atoms with E-state index in [2.05, 4.69) is 19.2 Å². The number of hydrogen-bond donors (Lipinski definition) is 1. The van der Waals surface area contributed by atoms with Crippen molar-refractivity contribution in [1.29, 1.82) is 0 Å². The maximum absolute atomic E-state index is 13.5. The molecule has 1 saturated carbocycles. The number of nitrogens with one attached hydrogen (secondary N) is 1. The van der Waals surface area contributed by atoms with Gasteiger partial charge in [0, 0.05) is 43.0 Å². The molecule has 0 amide bonds. The van der Waals surface area contributed by atoms with E-state index < -0.39 is 17.5 Å². The molecule has 1 aromatic carbocycles. The van der Waals surface area contributed by atoms with Crippen molar-refractivity contribution in [3.63, 3.8) is 0 Å². The normalized spacial score (nSPS) is 26.5. The second-order valence-electron chi connectivity index (χ2n) is 6.54. The molecule has 2 nitrogen and oxygen atoms in total. The van der Waals surface area contributed by atoms with Crippen molar-refractivity contribution < 1.29 is 13.2 Å². The van der Waals surface area contributed by atoms with Crippen LogP contribution >= 0.6 is 0 Å². The summed E-state index contributed by atoms with van der Waals surface area (Å²) >= 11 is 0. The van der Waals surface area contributed by atoms with Gasteiger partial charge in [-0.25, -0.2) is 13.2 Å². The summed E-state index contributed by atoms with van der Waals surface area (Å²) in [6.07, 6.45) is 2.42. The van der Waals surface area contributed by atoms with Gasteiger partial charge in [-0.1, -0.05) is 13.8 Å². The van der Waals surface area contributed by atoms with Crippen molar-refractivity contribution in [2.75, 3.05) is 18.0 Å². The van der Waals surface area contributed by atoms with Crippen LogP contribution in [0, 0.1) is 29.3 Å². The van der Waals surface area contributed by atoms with Crippen molar-refractivity contribution in [1.82, 2.24) is 5.32 Å². The molecule has 21 heavy (non-hydrogen) atoms. The van der Waals surface area contributed by atoms with Gasteiger partial charge in [-0.2, -0.15) is 0 Å². The zero-order chi connectivity index (χ0) is 15.1. The first-order valence-corrected chi connectivity index (χ1v) is 7.62. The molecule has 1 saturated heterocycles. The summed E-state index contributed by atoms with van der Waals surface area (Å²) in [6, 6.07) is 2.74. The molecule has 1 N–H and O–H groups in total.